The topological polar surface area (TPSA) is 38.3 Å². The maximum atomic E-state index is 12.8. The highest BCUT2D eigenvalue weighted by Gasteiger charge is 2.21. The molecule has 0 aliphatic heterocycles. The molecule has 1 amide bonds. The third kappa shape index (κ3) is 5.23. The fourth-order valence-corrected chi connectivity index (χ4v) is 3.54. The minimum absolute atomic E-state index is 0.0243. The van der Waals surface area contributed by atoms with E-state index >= 15 is 0 Å². The van der Waals surface area contributed by atoms with E-state index in [4.69, 9.17) is 4.74 Å². The number of nitrogens with one attached hydrogen (secondary N) is 1. The summed E-state index contributed by atoms with van der Waals surface area (Å²) in [5.41, 5.74) is 3.38. The Morgan fingerprint density at radius 3 is 2.18 bits per heavy atom. The van der Waals surface area contributed by atoms with Crippen LogP contribution in [0.25, 0.3) is 0 Å². The molecule has 0 radical (unpaired) electrons. The zero-order valence-electron chi connectivity index (χ0n) is 16.5. The fraction of sp³-hybridized carbons (Fsp3) is 0.240. The Balaban J connectivity index is 1.77. The summed E-state index contributed by atoms with van der Waals surface area (Å²) in [6, 6.07) is 28.3. The number of carbonyl (C=O) groups is 1. The maximum Gasteiger partial charge on any atom is 0.221 e. The Morgan fingerprint density at radius 2 is 1.50 bits per heavy atom. The van der Waals surface area contributed by atoms with Crippen molar-refractivity contribution in [2.45, 2.75) is 31.7 Å². The lowest BCUT2D eigenvalue weighted by atomic mass is 9.88. The molecule has 0 bridgehead atoms. The third-order valence-electron chi connectivity index (χ3n) is 5.01. The van der Waals surface area contributed by atoms with Gasteiger partial charge in [0, 0.05) is 12.3 Å². The third-order valence-corrected chi connectivity index (χ3v) is 5.01. The summed E-state index contributed by atoms with van der Waals surface area (Å²) in [7, 11) is 1.68. The Bertz CT molecular complexity index is 877. The van der Waals surface area contributed by atoms with Gasteiger partial charge in [0.2, 0.25) is 5.91 Å². The Labute approximate surface area is 167 Å². The molecule has 0 aromatic heterocycles. The van der Waals surface area contributed by atoms with Crippen LogP contribution in [0.5, 0.6) is 5.75 Å². The van der Waals surface area contributed by atoms with Gasteiger partial charge >= 0.3 is 0 Å². The van der Waals surface area contributed by atoms with Crippen molar-refractivity contribution in [1.82, 2.24) is 5.32 Å². The summed E-state index contributed by atoms with van der Waals surface area (Å²) < 4.78 is 5.56. The number of hydrogen-bond acceptors (Lipinski definition) is 2. The van der Waals surface area contributed by atoms with Crippen molar-refractivity contribution >= 4 is 5.91 Å². The summed E-state index contributed by atoms with van der Waals surface area (Å²) in [6.07, 6.45) is 1.20. The minimum Gasteiger partial charge on any atom is -0.496 e. The average Bonchev–Trinajstić information content (AvgIpc) is 2.74. The number of rotatable bonds is 8. The quantitative estimate of drug-likeness (QED) is 0.583. The number of methoxy groups -OCH3 is 1. The molecule has 3 heteroatoms. The van der Waals surface area contributed by atoms with Crippen LogP contribution in [0.2, 0.25) is 0 Å². The smallest absolute Gasteiger partial charge is 0.221 e. The lowest BCUT2D eigenvalue weighted by Crippen LogP contribution is -2.28. The van der Waals surface area contributed by atoms with Crippen molar-refractivity contribution in [3.8, 4) is 5.75 Å². The van der Waals surface area contributed by atoms with Gasteiger partial charge in [0.25, 0.3) is 0 Å². The van der Waals surface area contributed by atoms with Gasteiger partial charge < -0.3 is 10.1 Å². The molecule has 3 aromatic rings. The van der Waals surface area contributed by atoms with Gasteiger partial charge in [-0.1, -0.05) is 78.9 Å². The van der Waals surface area contributed by atoms with Crippen molar-refractivity contribution < 1.29 is 9.53 Å². The van der Waals surface area contributed by atoms with Gasteiger partial charge in [-0.25, -0.2) is 0 Å². The van der Waals surface area contributed by atoms with Gasteiger partial charge in [0.05, 0.1) is 13.2 Å². The second kappa shape index (κ2) is 9.75. The zero-order valence-corrected chi connectivity index (χ0v) is 16.5. The molecule has 3 aromatic carbocycles. The Hall–Kier alpha value is -3.07. The molecule has 0 aliphatic carbocycles. The van der Waals surface area contributed by atoms with Gasteiger partial charge in [-0.15, -0.1) is 0 Å². The van der Waals surface area contributed by atoms with Crippen LogP contribution in [0.1, 0.15) is 42.0 Å². The molecule has 0 fully saturated rings. The van der Waals surface area contributed by atoms with Gasteiger partial charge in [-0.2, -0.15) is 0 Å². The molecule has 3 rings (SSSR count). The first-order chi connectivity index (χ1) is 13.7. The first-order valence-electron chi connectivity index (χ1n) is 9.68. The van der Waals surface area contributed by atoms with Crippen molar-refractivity contribution in [2.24, 2.45) is 0 Å². The van der Waals surface area contributed by atoms with Crippen molar-refractivity contribution in [3.63, 3.8) is 0 Å². The molecule has 0 spiro atoms. The molecule has 0 saturated carbocycles. The van der Waals surface area contributed by atoms with Gasteiger partial charge in [0.1, 0.15) is 5.75 Å². The zero-order chi connectivity index (χ0) is 19.8. The second-order valence-corrected chi connectivity index (χ2v) is 7.03. The van der Waals surface area contributed by atoms with Crippen molar-refractivity contribution in [2.75, 3.05) is 7.11 Å². The van der Waals surface area contributed by atoms with Crippen LogP contribution in [-0.2, 0) is 11.2 Å². The molecule has 1 N–H and O–H groups in total. The molecule has 144 valence electrons. The summed E-state index contributed by atoms with van der Waals surface area (Å²) in [6.45, 7) is 2.02. The number of para-hydroxylation sites is 1. The van der Waals surface area contributed by atoms with E-state index in [1.54, 1.807) is 7.11 Å². The first kappa shape index (κ1) is 19.7. The SMILES string of the molecule is COc1ccccc1[C@H](CC(=O)N[C@H](C)c1ccccc1)Cc1ccccc1. The molecule has 0 aliphatic rings. The van der Waals surface area contributed by atoms with E-state index < -0.39 is 0 Å². The van der Waals surface area contributed by atoms with Crippen LogP contribution in [-0.4, -0.2) is 13.0 Å². The molecule has 3 nitrogen and oxygen atoms in total. The average molecular weight is 373 g/mol. The molecule has 2 atom stereocenters. The monoisotopic (exact) mass is 373 g/mol. The maximum absolute atomic E-state index is 12.8. The van der Waals surface area contributed by atoms with Crippen molar-refractivity contribution in [1.29, 1.82) is 0 Å². The van der Waals surface area contributed by atoms with Crippen LogP contribution in [0.3, 0.4) is 0 Å². The second-order valence-electron chi connectivity index (χ2n) is 7.03. The van der Waals surface area contributed by atoms with E-state index in [1.165, 1.54) is 5.56 Å². The first-order valence-corrected chi connectivity index (χ1v) is 9.68. The normalized spacial score (nSPS) is 12.8. The summed E-state index contributed by atoms with van der Waals surface area (Å²) in [4.78, 5) is 12.8. The summed E-state index contributed by atoms with van der Waals surface area (Å²) in [5, 5.41) is 3.14. The number of amides is 1. The van der Waals surface area contributed by atoms with E-state index in [2.05, 4.69) is 23.5 Å². The van der Waals surface area contributed by atoms with Gasteiger partial charge in [0.15, 0.2) is 0 Å². The minimum atomic E-state index is -0.0243. The lowest BCUT2D eigenvalue weighted by molar-refractivity contribution is -0.122. The van der Waals surface area contributed by atoms with E-state index in [0.717, 1.165) is 23.3 Å². The van der Waals surface area contributed by atoms with Crippen molar-refractivity contribution in [3.05, 3.63) is 102 Å². The lowest BCUT2D eigenvalue weighted by Gasteiger charge is -2.21. The highest BCUT2D eigenvalue weighted by molar-refractivity contribution is 5.77. The molecule has 28 heavy (non-hydrogen) atoms. The van der Waals surface area contributed by atoms with Gasteiger partial charge in [-0.05, 0) is 36.1 Å². The van der Waals surface area contributed by atoms with E-state index in [9.17, 15) is 4.79 Å². The van der Waals surface area contributed by atoms with E-state index in [1.807, 2.05) is 73.7 Å². The predicted octanol–water partition coefficient (Wildman–Crippen LogP) is 5.29. The number of hydrogen-bond donors (Lipinski definition) is 1. The van der Waals surface area contributed by atoms with Crippen LogP contribution in [0, 0.1) is 0 Å². The standard InChI is InChI=1S/C25H27NO2/c1-19(21-13-7-4-8-14-21)26-25(27)18-22(17-20-11-5-3-6-12-20)23-15-9-10-16-24(23)28-2/h3-16,19,22H,17-18H2,1-2H3,(H,26,27)/t19-,22+/m1/s1. The van der Waals surface area contributed by atoms with Gasteiger partial charge in [-0.3, -0.25) is 4.79 Å². The van der Waals surface area contributed by atoms with E-state index in [-0.39, 0.29) is 17.9 Å². The van der Waals surface area contributed by atoms with E-state index in [0.29, 0.717) is 6.42 Å². The summed E-state index contributed by atoms with van der Waals surface area (Å²) in [5.74, 6) is 0.914. The highest BCUT2D eigenvalue weighted by Crippen LogP contribution is 2.32. The number of carbonyl (C=O) groups excluding carboxylic acids is 1. The predicted molar refractivity (Wildman–Crippen MR) is 113 cm³/mol. The van der Waals surface area contributed by atoms with Crippen LogP contribution in [0.15, 0.2) is 84.9 Å². The Morgan fingerprint density at radius 1 is 0.893 bits per heavy atom. The highest BCUT2D eigenvalue weighted by atomic mass is 16.5. The van der Waals surface area contributed by atoms with Crippen LogP contribution in [0.4, 0.5) is 0 Å². The fourth-order valence-electron chi connectivity index (χ4n) is 3.54. The number of ether oxygens (including phenoxy) is 1. The largest absolute Gasteiger partial charge is 0.496 e. The molecule has 0 unspecified atom stereocenters. The summed E-state index contributed by atoms with van der Waals surface area (Å²) >= 11 is 0. The van der Waals surface area contributed by atoms with Crippen LogP contribution < -0.4 is 10.1 Å². The number of benzene rings is 3. The molecule has 0 heterocycles. The molecular weight excluding hydrogens is 346 g/mol. The van der Waals surface area contributed by atoms with Crippen LogP contribution >= 0.6 is 0 Å². The molecular formula is C25H27NO2. The Kier molecular flexibility index (Phi) is 6.85. The molecule has 0 saturated heterocycles.